The van der Waals surface area contributed by atoms with E-state index in [9.17, 15) is 9.59 Å². The number of fused-ring (bicyclic) bond motifs is 2. The summed E-state index contributed by atoms with van der Waals surface area (Å²) in [6.07, 6.45) is 0.806. The van der Waals surface area contributed by atoms with Gasteiger partial charge in [0, 0.05) is 16.3 Å². The Kier molecular flexibility index (Phi) is 5.15. The zero-order chi connectivity index (χ0) is 19.7. The zero-order valence-corrected chi connectivity index (χ0v) is 16.8. The first kappa shape index (κ1) is 18.7. The van der Waals surface area contributed by atoms with Crippen molar-refractivity contribution in [2.75, 3.05) is 6.54 Å². The van der Waals surface area contributed by atoms with E-state index in [0.717, 1.165) is 16.5 Å². The number of thiophene rings is 1. The van der Waals surface area contributed by atoms with Crippen molar-refractivity contribution >= 4 is 49.8 Å². The van der Waals surface area contributed by atoms with Gasteiger partial charge in [-0.05, 0) is 42.1 Å². The molecule has 0 fully saturated rings. The van der Waals surface area contributed by atoms with Crippen LogP contribution in [0.1, 0.15) is 28.8 Å². The van der Waals surface area contributed by atoms with Crippen molar-refractivity contribution in [3.63, 3.8) is 0 Å². The van der Waals surface area contributed by atoms with Gasteiger partial charge < -0.3 is 9.88 Å². The van der Waals surface area contributed by atoms with Crippen LogP contribution in [-0.2, 0) is 6.54 Å². The monoisotopic (exact) mass is 411 g/mol. The van der Waals surface area contributed by atoms with E-state index < -0.39 is 0 Å². The summed E-state index contributed by atoms with van der Waals surface area (Å²) >= 11 is 7.51. The molecule has 0 spiro atoms. The van der Waals surface area contributed by atoms with Crippen molar-refractivity contribution < 1.29 is 4.79 Å². The number of aromatic nitrogens is 2. The number of amides is 1. The second-order valence-electron chi connectivity index (χ2n) is 6.55. The topological polar surface area (TPSA) is 66.1 Å². The highest BCUT2D eigenvalue weighted by atomic mass is 35.5. The minimum Gasteiger partial charge on any atom is -0.330 e. The van der Waals surface area contributed by atoms with Crippen molar-refractivity contribution in [3.05, 3.63) is 74.6 Å². The van der Waals surface area contributed by atoms with Gasteiger partial charge in [-0.3, -0.25) is 9.59 Å². The average Bonchev–Trinajstić information content (AvgIpc) is 3.11. The van der Waals surface area contributed by atoms with Crippen LogP contribution >= 0.6 is 22.9 Å². The molecule has 0 unspecified atom stereocenters. The number of nitrogens with zero attached hydrogens (tertiary/aromatic N) is 2. The molecular weight excluding hydrogens is 394 g/mol. The Morgan fingerprint density at radius 3 is 2.82 bits per heavy atom. The van der Waals surface area contributed by atoms with Crippen LogP contribution in [0.15, 0.2) is 53.3 Å². The summed E-state index contributed by atoms with van der Waals surface area (Å²) in [5, 5.41) is 2.05. The van der Waals surface area contributed by atoms with Gasteiger partial charge in [-0.15, -0.1) is 11.3 Å². The largest absolute Gasteiger partial charge is 0.330 e. The average molecular weight is 412 g/mol. The lowest BCUT2D eigenvalue weighted by Crippen LogP contribution is -2.32. The molecule has 5 nitrogen and oxygen atoms in total. The third-order valence-electron chi connectivity index (χ3n) is 4.48. The molecule has 2 heterocycles. The van der Waals surface area contributed by atoms with Gasteiger partial charge >= 0.3 is 0 Å². The first-order valence-corrected chi connectivity index (χ1v) is 10.2. The van der Waals surface area contributed by atoms with Gasteiger partial charge in [0.1, 0.15) is 5.82 Å². The summed E-state index contributed by atoms with van der Waals surface area (Å²) in [7, 11) is 0. The zero-order valence-electron chi connectivity index (χ0n) is 15.2. The lowest BCUT2D eigenvalue weighted by Gasteiger charge is -2.21. The first-order valence-electron chi connectivity index (χ1n) is 9.01. The highest BCUT2D eigenvalue weighted by Gasteiger charge is 2.19. The van der Waals surface area contributed by atoms with Crippen LogP contribution in [-0.4, -0.2) is 27.3 Å². The maximum Gasteiger partial charge on any atom is 0.264 e. The maximum atomic E-state index is 13.1. The molecule has 0 aliphatic heterocycles. The molecule has 4 aromatic rings. The Morgan fingerprint density at radius 1 is 1.21 bits per heavy atom. The van der Waals surface area contributed by atoms with E-state index in [1.165, 1.54) is 11.3 Å². The smallest absolute Gasteiger partial charge is 0.264 e. The number of carbonyl (C=O) groups is 1. The van der Waals surface area contributed by atoms with Crippen molar-refractivity contribution in [2.24, 2.45) is 0 Å². The Morgan fingerprint density at radius 2 is 2.04 bits per heavy atom. The van der Waals surface area contributed by atoms with Crippen LogP contribution in [0, 0.1) is 0 Å². The highest BCUT2D eigenvalue weighted by Crippen LogP contribution is 2.26. The van der Waals surface area contributed by atoms with Crippen molar-refractivity contribution in [2.45, 2.75) is 19.9 Å². The summed E-state index contributed by atoms with van der Waals surface area (Å²) in [6, 6.07) is 14.8. The third-order valence-corrected chi connectivity index (χ3v) is 5.81. The van der Waals surface area contributed by atoms with Gasteiger partial charge in [-0.2, -0.15) is 0 Å². The van der Waals surface area contributed by atoms with Crippen LogP contribution in [0.3, 0.4) is 0 Å². The fourth-order valence-electron chi connectivity index (χ4n) is 3.18. The van der Waals surface area contributed by atoms with Crippen molar-refractivity contribution in [1.82, 2.24) is 14.9 Å². The van der Waals surface area contributed by atoms with E-state index in [4.69, 9.17) is 11.6 Å². The molecule has 1 amide bonds. The fraction of sp³-hybridized carbons (Fsp3) is 0.190. The number of nitrogens with one attached hydrogen (secondary N) is 1. The molecule has 2 aromatic heterocycles. The fourth-order valence-corrected chi connectivity index (χ4v) is 4.38. The van der Waals surface area contributed by atoms with E-state index in [-0.39, 0.29) is 18.0 Å². The van der Waals surface area contributed by atoms with Gasteiger partial charge in [0.25, 0.3) is 11.5 Å². The molecule has 0 saturated carbocycles. The standard InChI is InChI=1S/C21H18ClN3O2S/c1-2-9-25(21(27)18-10-13-5-3-4-6-17(13)28-18)12-19-23-16-11-14(22)7-8-15(16)20(26)24-19/h3-8,10-11H,2,9,12H2,1H3,(H,23,24,26). The first-order chi connectivity index (χ1) is 13.5. The predicted octanol–water partition coefficient (Wildman–Crippen LogP) is 4.84. The molecule has 0 atom stereocenters. The second-order valence-corrected chi connectivity index (χ2v) is 8.07. The summed E-state index contributed by atoms with van der Waals surface area (Å²) in [5.41, 5.74) is 0.291. The molecule has 28 heavy (non-hydrogen) atoms. The minimum absolute atomic E-state index is 0.0584. The summed E-state index contributed by atoms with van der Waals surface area (Å²) in [6.45, 7) is 2.82. The van der Waals surface area contributed by atoms with Gasteiger partial charge in [-0.25, -0.2) is 4.98 Å². The molecule has 0 saturated heterocycles. The quantitative estimate of drug-likeness (QED) is 0.510. The van der Waals surface area contributed by atoms with E-state index in [1.807, 2.05) is 37.3 Å². The molecule has 0 aliphatic rings. The van der Waals surface area contributed by atoms with Gasteiger partial charge in [-0.1, -0.05) is 36.7 Å². The summed E-state index contributed by atoms with van der Waals surface area (Å²) in [5.74, 6) is 0.388. The van der Waals surface area contributed by atoms with E-state index >= 15 is 0 Å². The Balaban J connectivity index is 1.67. The number of rotatable bonds is 5. The van der Waals surface area contributed by atoms with Crippen LogP contribution in [0.2, 0.25) is 5.02 Å². The minimum atomic E-state index is -0.234. The molecule has 2 aromatic carbocycles. The highest BCUT2D eigenvalue weighted by molar-refractivity contribution is 7.20. The number of carbonyl (C=O) groups excluding carboxylic acids is 1. The van der Waals surface area contributed by atoms with Gasteiger partial charge in [0.05, 0.1) is 22.3 Å². The second kappa shape index (κ2) is 7.73. The van der Waals surface area contributed by atoms with Crippen LogP contribution in [0.25, 0.3) is 21.0 Å². The molecule has 7 heteroatoms. The lowest BCUT2D eigenvalue weighted by atomic mass is 10.2. The molecule has 1 N–H and O–H groups in total. The number of benzene rings is 2. The summed E-state index contributed by atoms with van der Waals surface area (Å²) < 4.78 is 1.08. The molecule has 142 valence electrons. The van der Waals surface area contributed by atoms with E-state index in [1.54, 1.807) is 23.1 Å². The van der Waals surface area contributed by atoms with Crippen LogP contribution in [0.5, 0.6) is 0 Å². The Bertz CT molecular complexity index is 1200. The number of H-pyrrole nitrogens is 1. The third kappa shape index (κ3) is 3.66. The van der Waals surface area contributed by atoms with Crippen molar-refractivity contribution in [3.8, 4) is 0 Å². The number of aromatic amines is 1. The lowest BCUT2D eigenvalue weighted by molar-refractivity contribution is 0.0744. The normalized spacial score (nSPS) is 11.2. The van der Waals surface area contributed by atoms with Crippen LogP contribution < -0.4 is 5.56 Å². The molecule has 0 radical (unpaired) electrons. The molecule has 4 rings (SSSR count). The molecular formula is C21H18ClN3O2S. The Hall–Kier alpha value is -2.70. The SMILES string of the molecule is CCCN(Cc1nc2cc(Cl)ccc2c(=O)[nH]1)C(=O)c1cc2ccccc2s1. The van der Waals surface area contributed by atoms with Gasteiger partial charge in [0.2, 0.25) is 0 Å². The van der Waals surface area contributed by atoms with E-state index in [2.05, 4.69) is 9.97 Å². The Labute approximate surface area is 170 Å². The number of hydrogen-bond donors (Lipinski definition) is 1. The molecule has 0 bridgehead atoms. The van der Waals surface area contributed by atoms with E-state index in [0.29, 0.717) is 33.2 Å². The van der Waals surface area contributed by atoms with Gasteiger partial charge in [0.15, 0.2) is 0 Å². The number of hydrogen-bond acceptors (Lipinski definition) is 4. The predicted molar refractivity (Wildman–Crippen MR) is 114 cm³/mol. The summed E-state index contributed by atoms with van der Waals surface area (Å²) in [4.78, 5) is 35.2. The maximum absolute atomic E-state index is 13.1. The van der Waals surface area contributed by atoms with Crippen LogP contribution in [0.4, 0.5) is 0 Å². The van der Waals surface area contributed by atoms with Crippen molar-refractivity contribution in [1.29, 1.82) is 0 Å². The molecule has 0 aliphatic carbocycles. The number of halogens is 1.